The summed E-state index contributed by atoms with van der Waals surface area (Å²) in [5.41, 5.74) is 2.79. The number of para-hydroxylation sites is 1. The standard InChI is InChI=1S/C22H23BrN2O/c1-15-14-25-19-7-5-4-6-18(19)21(2,3)22(25,24-20(15)26)13-12-16-8-10-17(23)11-9-16/h4-13,15H,14H2,1-3H3,(H,24,26)/b13-12+/t15-,22+/m0/s1. The molecule has 26 heavy (non-hydrogen) atoms. The number of nitrogens with one attached hydrogen (secondary N) is 1. The van der Waals surface area contributed by atoms with Crippen molar-refractivity contribution in [1.29, 1.82) is 0 Å². The lowest BCUT2D eigenvalue weighted by molar-refractivity contribution is -0.128. The maximum Gasteiger partial charge on any atom is 0.226 e. The highest BCUT2D eigenvalue weighted by atomic mass is 79.9. The van der Waals surface area contributed by atoms with Crippen LogP contribution in [-0.2, 0) is 10.2 Å². The predicted molar refractivity (Wildman–Crippen MR) is 110 cm³/mol. The zero-order chi connectivity index (χ0) is 18.5. The van der Waals surface area contributed by atoms with Gasteiger partial charge in [0.05, 0.1) is 5.92 Å². The Bertz CT molecular complexity index is 887. The molecule has 2 aliphatic heterocycles. The molecule has 2 atom stereocenters. The molecule has 2 heterocycles. The molecule has 0 unspecified atom stereocenters. The van der Waals surface area contributed by atoms with Crippen molar-refractivity contribution in [2.45, 2.75) is 31.8 Å². The summed E-state index contributed by atoms with van der Waals surface area (Å²) in [5, 5.41) is 3.35. The van der Waals surface area contributed by atoms with E-state index in [2.05, 4.69) is 88.5 Å². The quantitative estimate of drug-likeness (QED) is 0.776. The summed E-state index contributed by atoms with van der Waals surface area (Å²) in [4.78, 5) is 15.0. The zero-order valence-electron chi connectivity index (χ0n) is 15.3. The maximum absolute atomic E-state index is 12.7. The predicted octanol–water partition coefficient (Wildman–Crippen LogP) is 4.72. The summed E-state index contributed by atoms with van der Waals surface area (Å²) < 4.78 is 1.06. The Kier molecular flexibility index (Phi) is 3.99. The summed E-state index contributed by atoms with van der Waals surface area (Å²) in [7, 11) is 0. The number of fused-ring (bicyclic) bond motifs is 3. The molecule has 0 aliphatic carbocycles. The average Bonchev–Trinajstić information content (AvgIpc) is 2.81. The Labute approximate surface area is 163 Å². The first-order valence-electron chi connectivity index (χ1n) is 8.99. The minimum Gasteiger partial charge on any atom is -0.344 e. The van der Waals surface area contributed by atoms with Crippen molar-refractivity contribution in [3.63, 3.8) is 0 Å². The molecule has 1 saturated heterocycles. The number of rotatable bonds is 2. The number of benzene rings is 2. The van der Waals surface area contributed by atoms with E-state index in [0.717, 1.165) is 16.6 Å². The van der Waals surface area contributed by atoms with Crippen LogP contribution in [0.3, 0.4) is 0 Å². The van der Waals surface area contributed by atoms with Gasteiger partial charge in [-0.3, -0.25) is 4.79 Å². The second-order valence-corrected chi connectivity index (χ2v) is 8.71. The lowest BCUT2D eigenvalue weighted by Gasteiger charge is -2.50. The largest absolute Gasteiger partial charge is 0.344 e. The fourth-order valence-corrected chi connectivity index (χ4v) is 4.50. The Morgan fingerprint density at radius 1 is 1.15 bits per heavy atom. The first-order chi connectivity index (χ1) is 12.3. The van der Waals surface area contributed by atoms with Crippen LogP contribution in [0.4, 0.5) is 5.69 Å². The number of amides is 1. The maximum atomic E-state index is 12.7. The third kappa shape index (κ3) is 2.43. The Balaban J connectivity index is 1.84. The molecule has 0 saturated carbocycles. The van der Waals surface area contributed by atoms with Crippen molar-refractivity contribution in [2.24, 2.45) is 5.92 Å². The van der Waals surface area contributed by atoms with Crippen molar-refractivity contribution in [3.05, 3.63) is 70.2 Å². The number of carbonyl (C=O) groups is 1. The second-order valence-electron chi connectivity index (χ2n) is 7.79. The highest BCUT2D eigenvalue weighted by Gasteiger charge is 2.58. The van der Waals surface area contributed by atoms with E-state index in [1.54, 1.807) is 0 Å². The van der Waals surface area contributed by atoms with Gasteiger partial charge in [-0.25, -0.2) is 0 Å². The smallest absolute Gasteiger partial charge is 0.226 e. The topological polar surface area (TPSA) is 32.3 Å². The average molecular weight is 411 g/mol. The number of halogens is 1. The molecule has 0 radical (unpaired) electrons. The van der Waals surface area contributed by atoms with Crippen molar-refractivity contribution >= 4 is 33.6 Å². The van der Waals surface area contributed by atoms with Crippen LogP contribution in [0.15, 0.2) is 59.1 Å². The summed E-state index contributed by atoms with van der Waals surface area (Å²) >= 11 is 3.48. The third-order valence-corrected chi connectivity index (χ3v) is 6.38. The van der Waals surface area contributed by atoms with E-state index in [0.29, 0.717) is 0 Å². The monoisotopic (exact) mass is 410 g/mol. The summed E-state index contributed by atoms with van der Waals surface area (Å²) in [5.74, 6) is 0.0775. The number of hydrogen-bond acceptors (Lipinski definition) is 2. The van der Waals surface area contributed by atoms with Gasteiger partial charge in [-0.05, 0) is 35.4 Å². The van der Waals surface area contributed by atoms with Gasteiger partial charge in [0.15, 0.2) is 0 Å². The zero-order valence-corrected chi connectivity index (χ0v) is 16.9. The van der Waals surface area contributed by atoms with E-state index in [1.165, 1.54) is 11.3 Å². The Morgan fingerprint density at radius 3 is 2.58 bits per heavy atom. The van der Waals surface area contributed by atoms with Crippen LogP contribution in [0.2, 0.25) is 0 Å². The van der Waals surface area contributed by atoms with Gasteiger partial charge >= 0.3 is 0 Å². The molecule has 0 aromatic heterocycles. The molecule has 4 rings (SSSR count). The van der Waals surface area contributed by atoms with Gasteiger partial charge in [0.2, 0.25) is 5.91 Å². The van der Waals surface area contributed by atoms with Crippen LogP contribution in [-0.4, -0.2) is 18.1 Å². The van der Waals surface area contributed by atoms with E-state index >= 15 is 0 Å². The normalized spacial score (nSPS) is 26.5. The van der Waals surface area contributed by atoms with Crippen molar-refractivity contribution in [3.8, 4) is 0 Å². The van der Waals surface area contributed by atoms with E-state index < -0.39 is 5.66 Å². The molecule has 0 bridgehead atoms. The lowest BCUT2D eigenvalue weighted by Crippen LogP contribution is -2.70. The summed E-state index contributed by atoms with van der Waals surface area (Å²) in [6.07, 6.45) is 4.28. The van der Waals surface area contributed by atoms with Gasteiger partial charge in [-0.2, -0.15) is 0 Å². The minimum atomic E-state index is -0.562. The molecular weight excluding hydrogens is 388 g/mol. The van der Waals surface area contributed by atoms with E-state index in [1.807, 2.05) is 19.1 Å². The van der Waals surface area contributed by atoms with E-state index in [9.17, 15) is 4.79 Å². The Hall–Kier alpha value is -2.07. The fourth-order valence-electron chi connectivity index (χ4n) is 4.23. The summed E-state index contributed by atoms with van der Waals surface area (Å²) in [6.45, 7) is 7.14. The van der Waals surface area contributed by atoms with Gasteiger partial charge in [0.25, 0.3) is 0 Å². The molecule has 4 heteroatoms. The van der Waals surface area contributed by atoms with Crippen LogP contribution in [0.25, 0.3) is 6.08 Å². The van der Waals surface area contributed by atoms with Gasteiger partial charge in [-0.15, -0.1) is 0 Å². The molecule has 0 spiro atoms. The molecule has 3 nitrogen and oxygen atoms in total. The lowest BCUT2D eigenvalue weighted by atomic mass is 9.74. The molecule has 2 aromatic rings. The van der Waals surface area contributed by atoms with Crippen LogP contribution in [0.1, 0.15) is 31.9 Å². The fraction of sp³-hybridized carbons (Fsp3) is 0.318. The van der Waals surface area contributed by atoms with E-state index in [4.69, 9.17) is 0 Å². The molecule has 2 aromatic carbocycles. The Morgan fingerprint density at radius 2 is 1.85 bits per heavy atom. The summed E-state index contributed by atoms with van der Waals surface area (Å²) in [6, 6.07) is 16.7. The molecular formula is C22H23BrN2O. The number of carbonyl (C=O) groups excluding carboxylic acids is 1. The first-order valence-corrected chi connectivity index (χ1v) is 9.78. The molecule has 1 amide bonds. The minimum absolute atomic E-state index is 0.0360. The van der Waals surface area contributed by atoms with Crippen molar-refractivity contribution in [1.82, 2.24) is 5.32 Å². The van der Waals surface area contributed by atoms with Gasteiger partial charge in [0, 0.05) is 22.1 Å². The van der Waals surface area contributed by atoms with Gasteiger partial charge in [0.1, 0.15) is 5.66 Å². The van der Waals surface area contributed by atoms with Crippen molar-refractivity contribution in [2.75, 3.05) is 11.4 Å². The highest BCUT2D eigenvalue weighted by Crippen LogP contribution is 2.52. The number of nitrogens with zero attached hydrogens (tertiary/aromatic N) is 1. The number of hydrogen-bond donors (Lipinski definition) is 1. The molecule has 1 fully saturated rings. The van der Waals surface area contributed by atoms with Crippen LogP contribution >= 0.6 is 15.9 Å². The third-order valence-electron chi connectivity index (χ3n) is 5.85. The second kappa shape index (κ2) is 5.98. The van der Waals surface area contributed by atoms with Crippen LogP contribution < -0.4 is 10.2 Å². The number of anilines is 1. The SMILES string of the molecule is C[C@H]1CN2c3ccccc3C(C)(C)[C@]2(/C=C/c2ccc(Br)cc2)NC1=O. The first kappa shape index (κ1) is 17.3. The van der Waals surface area contributed by atoms with Crippen molar-refractivity contribution < 1.29 is 4.79 Å². The highest BCUT2D eigenvalue weighted by molar-refractivity contribution is 9.10. The van der Waals surface area contributed by atoms with Gasteiger partial charge < -0.3 is 10.2 Å². The molecule has 134 valence electrons. The van der Waals surface area contributed by atoms with E-state index in [-0.39, 0.29) is 17.2 Å². The van der Waals surface area contributed by atoms with Crippen LogP contribution in [0.5, 0.6) is 0 Å². The van der Waals surface area contributed by atoms with Crippen LogP contribution in [0, 0.1) is 5.92 Å². The van der Waals surface area contributed by atoms with Gasteiger partial charge in [-0.1, -0.05) is 73.1 Å². The molecule has 1 N–H and O–H groups in total. The molecule has 2 aliphatic rings.